The minimum atomic E-state index is -1.62. The maximum atomic E-state index is 12.1. The fourth-order valence-corrected chi connectivity index (χ4v) is 4.91. The van der Waals surface area contributed by atoms with E-state index in [0.717, 1.165) is 37.1 Å². The van der Waals surface area contributed by atoms with E-state index in [1.165, 1.54) is 24.0 Å². The highest BCUT2D eigenvalue weighted by atomic mass is 32.2. The Bertz CT molecular complexity index is 947. The van der Waals surface area contributed by atoms with Crippen LogP contribution in [0.3, 0.4) is 0 Å². The van der Waals surface area contributed by atoms with Crippen LogP contribution in [0.4, 0.5) is 5.69 Å². The first-order valence-electron chi connectivity index (χ1n) is 12.3. The summed E-state index contributed by atoms with van der Waals surface area (Å²) in [6.07, 6.45) is 7.20. The molecule has 3 unspecified atom stereocenters. The fraction of sp³-hybridized carbons (Fsp3) is 0.519. The number of carbonyl (C=O) groups excluding carboxylic acids is 1. The molecule has 0 saturated heterocycles. The lowest BCUT2D eigenvalue weighted by Gasteiger charge is -2.24. The standard InChI is InChI=1S/C27H37NO5S/c1-4-31-26(27(29)32-5-2)18-21-9-13-24(14-10-21)28-16-6-7-20-8-11-23-19-25(33-34(3)30)15-12-22(23)17-20/h9-10,12-15,19-20,26,28H,4-8,11,16-18H2,1-3H3/p+1. The molecule has 0 amide bonds. The molecule has 0 spiro atoms. The SMILES string of the molecule is CCOC(=O)C(Cc1ccc(NCCCC2CCc3cc(O[SH+](C)=O)ccc3C2)cc1)OCC. The minimum Gasteiger partial charge on any atom is -0.464 e. The summed E-state index contributed by atoms with van der Waals surface area (Å²) in [7, 11) is 0. The summed E-state index contributed by atoms with van der Waals surface area (Å²) < 4.78 is 27.3. The summed E-state index contributed by atoms with van der Waals surface area (Å²) in [5, 5.41) is 3.51. The fourth-order valence-electron chi connectivity index (χ4n) is 4.50. The van der Waals surface area contributed by atoms with Gasteiger partial charge in [0, 0.05) is 25.3 Å². The lowest BCUT2D eigenvalue weighted by molar-refractivity contribution is -0.156. The second-order valence-electron chi connectivity index (χ2n) is 8.74. The summed E-state index contributed by atoms with van der Waals surface area (Å²) in [5.74, 6) is 1.11. The van der Waals surface area contributed by atoms with Gasteiger partial charge in [-0.15, -0.1) is 0 Å². The molecule has 0 fully saturated rings. The van der Waals surface area contributed by atoms with Gasteiger partial charge in [-0.3, -0.25) is 4.18 Å². The number of rotatable bonds is 13. The zero-order valence-electron chi connectivity index (χ0n) is 20.5. The Morgan fingerprint density at radius 3 is 2.62 bits per heavy atom. The molecule has 34 heavy (non-hydrogen) atoms. The zero-order valence-corrected chi connectivity index (χ0v) is 21.4. The van der Waals surface area contributed by atoms with Gasteiger partial charge in [0.2, 0.25) is 11.1 Å². The summed E-state index contributed by atoms with van der Waals surface area (Å²) >= 11 is -1.62. The number of aryl methyl sites for hydroxylation is 1. The number of thiol groups is 1. The number of hydrogen-bond donors (Lipinski definition) is 1. The van der Waals surface area contributed by atoms with Gasteiger partial charge >= 0.3 is 5.97 Å². The molecule has 1 aliphatic carbocycles. The van der Waals surface area contributed by atoms with E-state index >= 15 is 0 Å². The maximum absolute atomic E-state index is 12.1. The Balaban J connectivity index is 1.40. The Morgan fingerprint density at radius 1 is 1.12 bits per heavy atom. The molecule has 0 saturated carbocycles. The average Bonchev–Trinajstić information content (AvgIpc) is 2.82. The van der Waals surface area contributed by atoms with Crippen LogP contribution in [-0.4, -0.2) is 38.1 Å². The van der Waals surface area contributed by atoms with Gasteiger partial charge in [-0.05, 0) is 92.8 Å². The molecule has 6 nitrogen and oxygen atoms in total. The summed E-state index contributed by atoms with van der Waals surface area (Å²) in [6.45, 7) is 5.46. The normalized spacial score (nSPS) is 16.9. The Morgan fingerprint density at radius 2 is 1.91 bits per heavy atom. The molecule has 0 aliphatic heterocycles. The number of fused-ring (bicyclic) bond motifs is 1. The van der Waals surface area contributed by atoms with Crippen molar-refractivity contribution in [1.29, 1.82) is 0 Å². The second kappa shape index (κ2) is 13.5. The Hall–Kier alpha value is -2.38. The Labute approximate surface area is 206 Å². The van der Waals surface area contributed by atoms with Gasteiger partial charge in [-0.25, -0.2) is 4.79 Å². The van der Waals surface area contributed by atoms with Gasteiger partial charge in [-0.1, -0.05) is 22.4 Å². The number of benzene rings is 2. The van der Waals surface area contributed by atoms with Crippen molar-refractivity contribution in [1.82, 2.24) is 0 Å². The highest BCUT2D eigenvalue weighted by molar-refractivity contribution is 7.79. The van der Waals surface area contributed by atoms with Crippen molar-refractivity contribution in [2.45, 2.75) is 58.5 Å². The van der Waals surface area contributed by atoms with Gasteiger partial charge in [0.25, 0.3) is 0 Å². The van der Waals surface area contributed by atoms with Crippen molar-refractivity contribution in [3.63, 3.8) is 0 Å². The van der Waals surface area contributed by atoms with Crippen LogP contribution in [0.15, 0.2) is 42.5 Å². The molecule has 2 aromatic carbocycles. The van der Waals surface area contributed by atoms with Crippen molar-refractivity contribution in [3.8, 4) is 5.75 Å². The number of anilines is 1. The first-order chi connectivity index (χ1) is 16.5. The number of esters is 1. The lowest BCUT2D eigenvalue weighted by Crippen LogP contribution is -2.28. The van der Waals surface area contributed by atoms with Crippen LogP contribution < -0.4 is 9.50 Å². The van der Waals surface area contributed by atoms with Crippen molar-refractivity contribution in [3.05, 3.63) is 59.2 Å². The largest absolute Gasteiger partial charge is 0.464 e. The third-order valence-electron chi connectivity index (χ3n) is 6.15. The topological polar surface area (TPSA) is 73.9 Å². The van der Waals surface area contributed by atoms with Gasteiger partial charge in [-0.2, -0.15) is 0 Å². The van der Waals surface area contributed by atoms with Crippen LogP contribution in [0.2, 0.25) is 0 Å². The average molecular weight is 489 g/mol. The Kier molecular flexibility index (Phi) is 10.4. The van der Waals surface area contributed by atoms with E-state index in [4.69, 9.17) is 13.7 Å². The smallest absolute Gasteiger partial charge is 0.335 e. The van der Waals surface area contributed by atoms with E-state index in [-0.39, 0.29) is 5.97 Å². The van der Waals surface area contributed by atoms with Crippen LogP contribution >= 0.6 is 0 Å². The van der Waals surface area contributed by atoms with Crippen molar-refractivity contribution < 1.29 is 22.7 Å². The number of carbonyl (C=O) groups is 1. The summed E-state index contributed by atoms with van der Waals surface area (Å²) in [5.41, 5.74) is 4.87. The highest BCUT2D eigenvalue weighted by Gasteiger charge is 2.21. The summed E-state index contributed by atoms with van der Waals surface area (Å²) in [6, 6.07) is 14.3. The van der Waals surface area contributed by atoms with Crippen molar-refractivity contribution >= 4 is 22.7 Å². The minimum absolute atomic E-state index is 0.302. The molecule has 1 N–H and O–H groups in total. The number of ether oxygens (including phenoxy) is 2. The second-order valence-corrected chi connectivity index (χ2v) is 9.80. The third kappa shape index (κ3) is 8.13. The molecule has 2 aromatic rings. The first kappa shape index (κ1) is 26.2. The van der Waals surface area contributed by atoms with Gasteiger partial charge in [0.1, 0.15) is 6.26 Å². The number of hydrogen-bond acceptors (Lipinski definition) is 6. The molecule has 0 heterocycles. The first-order valence-corrected chi connectivity index (χ1v) is 13.9. The van der Waals surface area contributed by atoms with Crippen LogP contribution in [0.1, 0.15) is 49.8 Å². The van der Waals surface area contributed by atoms with Crippen molar-refractivity contribution in [2.24, 2.45) is 5.92 Å². The molecule has 0 aromatic heterocycles. The van der Waals surface area contributed by atoms with E-state index in [2.05, 4.69) is 29.6 Å². The monoisotopic (exact) mass is 488 g/mol. The van der Waals surface area contributed by atoms with Crippen LogP contribution in [0.25, 0.3) is 0 Å². The van der Waals surface area contributed by atoms with E-state index in [1.54, 1.807) is 13.2 Å². The molecular formula is C27H38NO5S+. The predicted octanol–water partition coefficient (Wildman–Crippen LogP) is 4.81. The zero-order chi connectivity index (χ0) is 24.3. The molecule has 7 heteroatoms. The van der Waals surface area contributed by atoms with E-state index in [1.807, 2.05) is 25.1 Å². The van der Waals surface area contributed by atoms with E-state index < -0.39 is 17.2 Å². The van der Waals surface area contributed by atoms with Gasteiger partial charge in [0.15, 0.2) is 11.9 Å². The maximum Gasteiger partial charge on any atom is 0.335 e. The van der Waals surface area contributed by atoms with Gasteiger partial charge < -0.3 is 14.8 Å². The van der Waals surface area contributed by atoms with Crippen molar-refractivity contribution in [2.75, 3.05) is 31.3 Å². The molecule has 0 radical (unpaired) electrons. The molecule has 0 bridgehead atoms. The highest BCUT2D eigenvalue weighted by Crippen LogP contribution is 2.31. The van der Waals surface area contributed by atoms with Gasteiger partial charge in [0.05, 0.1) is 6.61 Å². The van der Waals surface area contributed by atoms with E-state index in [0.29, 0.717) is 31.3 Å². The summed E-state index contributed by atoms with van der Waals surface area (Å²) in [4.78, 5) is 12.1. The predicted molar refractivity (Wildman–Crippen MR) is 138 cm³/mol. The number of nitrogens with one attached hydrogen (secondary N) is 1. The van der Waals surface area contributed by atoms with Crippen LogP contribution in [0, 0.1) is 5.92 Å². The molecule has 1 aliphatic rings. The van der Waals surface area contributed by atoms with Crippen LogP contribution in [-0.2, 0) is 48.8 Å². The third-order valence-corrected chi connectivity index (χ3v) is 6.62. The molecule has 3 rings (SSSR count). The lowest BCUT2D eigenvalue weighted by atomic mass is 9.81. The quantitative estimate of drug-likeness (QED) is 0.189. The van der Waals surface area contributed by atoms with Crippen LogP contribution in [0.5, 0.6) is 5.75 Å². The molecule has 3 atom stereocenters. The molecule has 186 valence electrons. The van der Waals surface area contributed by atoms with E-state index in [9.17, 15) is 9.00 Å². The molecular weight excluding hydrogens is 450 g/mol.